The topological polar surface area (TPSA) is 153 Å². The molecule has 10 bridgehead atoms. The molecule has 0 saturated heterocycles. The number of aromatic nitrogens is 4. The Kier molecular flexibility index (Phi) is 3.73. The van der Waals surface area contributed by atoms with Gasteiger partial charge in [0.1, 0.15) is 0 Å². The summed E-state index contributed by atoms with van der Waals surface area (Å²) in [4.78, 5) is 9.54. The quantitative estimate of drug-likeness (QED) is 0.170. The summed E-state index contributed by atoms with van der Waals surface area (Å²) in [6, 6.07) is 13.8. The average molecular weight is 442 g/mol. The van der Waals surface area contributed by atoms with Gasteiger partial charge in [0.15, 0.2) is 11.5 Å². The minimum Gasteiger partial charge on any atom is -0.504 e. The number of nitrogens with one attached hydrogen (secondary N) is 3. The molecule has 164 valence electrons. The van der Waals surface area contributed by atoms with E-state index < -0.39 is 23.0 Å². The lowest BCUT2D eigenvalue weighted by atomic mass is 10.1. The van der Waals surface area contributed by atoms with Gasteiger partial charge >= 0.3 is 0 Å². The second kappa shape index (κ2) is 6.54. The van der Waals surface area contributed by atoms with Gasteiger partial charge in [0.2, 0.25) is 11.5 Å². The van der Waals surface area contributed by atoms with Crippen molar-refractivity contribution in [3.05, 3.63) is 70.6 Å². The smallest absolute Gasteiger partial charge is 0.205 e. The standard InChI is InChI=1S/C24H18N4O5/c29-21-19-15-5-3-12(26-15)9-11-1-2-13(25-11)10-14-4-8-18(28(14)33)20(17-7-6-16(19)27-17)22(30)24(32)23(21)31/h1-10,25-27,29-33H. The SMILES string of the molecule is Oc1c(O)c(O)c2c3ccc([nH]3)c(c1O)-c1ccc([nH]1)C=c1ccc([nH]1)=Cc1ccc-2n1O. The Morgan fingerprint density at radius 2 is 1.24 bits per heavy atom. The lowest BCUT2D eigenvalue weighted by Gasteiger charge is -2.07. The number of aromatic amines is 3. The van der Waals surface area contributed by atoms with E-state index >= 15 is 0 Å². The fourth-order valence-corrected chi connectivity index (χ4v) is 4.24. The van der Waals surface area contributed by atoms with Crippen molar-refractivity contribution in [2.45, 2.75) is 0 Å². The molecule has 0 amide bonds. The van der Waals surface area contributed by atoms with Crippen LogP contribution in [0.3, 0.4) is 0 Å². The van der Waals surface area contributed by atoms with Crippen LogP contribution in [-0.4, -0.2) is 45.3 Å². The normalized spacial score (nSPS) is 12.1. The van der Waals surface area contributed by atoms with E-state index in [1.54, 1.807) is 42.5 Å². The van der Waals surface area contributed by atoms with Crippen molar-refractivity contribution in [3.8, 4) is 45.5 Å². The highest BCUT2D eigenvalue weighted by molar-refractivity contribution is 5.93. The highest BCUT2D eigenvalue weighted by atomic mass is 16.5. The Balaban J connectivity index is 1.87. The lowest BCUT2D eigenvalue weighted by Crippen LogP contribution is -2.10. The summed E-state index contributed by atoms with van der Waals surface area (Å²) < 4.78 is 0.870. The predicted molar refractivity (Wildman–Crippen MR) is 121 cm³/mol. The minimum atomic E-state index is -0.932. The molecule has 0 aliphatic carbocycles. The van der Waals surface area contributed by atoms with E-state index in [4.69, 9.17) is 0 Å². The molecule has 0 spiro atoms. The van der Waals surface area contributed by atoms with Crippen LogP contribution in [0.4, 0.5) is 0 Å². The molecule has 33 heavy (non-hydrogen) atoms. The van der Waals surface area contributed by atoms with Gasteiger partial charge in [-0.05, 0) is 60.7 Å². The Morgan fingerprint density at radius 1 is 0.576 bits per heavy atom. The number of hydrogen-bond donors (Lipinski definition) is 8. The summed E-state index contributed by atoms with van der Waals surface area (Å²) >= 11 is 0. The maximum atomic E-state index is 10.9. The molecule has 0 fully saturated rings. The number of hydrogen-bond acceptors (Lipinski definition) is 5. The molecule has 0 radical (unpaired) electrons. The third-order valence-corrected chi connectivity index (χ3v) is 5.84. The summed E-state index contributed by atoms with van der Waals surface area (Å²) in [6.07, 6.45) is 3.58. The number of fused-ring (bicyclic) bond motifs is 8. The molecule has 6 heterocycles. The number of H-pyrrole nitrogens is 3. The molecular weight excluding hydrogens is 424 g/mol. The zero-order valence-corrected chi connectivity index (χ0v) is 17.0. The first-order valence-corrected chi connectivity index (χ1v) is 10.1. The summed E-state index contributed by atoms with van der Waals surface area (Å²) in [5.74, 6) is -3.20. The maximum absolute atomic E-state index is 10.9. The van der Waals surface area contributed by atoms with Crippen LogP contribution in [0.1, 0.15) is 11.4 Å². The fraction of sp³-hybridized carbons (Fsp3) is 0. The monoisotopic (exact) mass is 442 g/mol. The van der Waals surface area contributed by atoms with Gasteiger partial charge in [-0.2, -0.15) is 4.73 Å². The van der Waals surface area contributed by atoms with Gasteiger partial charge < -0.3 is 40.6 Å². The molecule has 5 aromatic heterocycles. The molecule has 0 aromatic carbocycles. The molecule has 5 aromatic rings. The average Bonchev–Trinajstić information content (AvgIpc) is 3.59. The Morgan fingerprint density at radius 3 is 2.00 bits per heavy atom. The van der Waals surface area contributed by atoms with Gasteiger partial charge in [0.25, 0.3) is 0 Å². The maximum Gasteiger partial charge on any atom is 0.205 e. The van der Waals surface area contributed by atoms with E-state index in [-0.39, 0.29) is 16.8 Å². The summed E-state index contributed by atoms with van der Waals surface area (Å²) in [7, 11) is 0. The largest absolute Gasteiger partial charge is 0.504 e. The van der Waals surface area contributed by atoms with E-state index in [0.717, 1.165) is 21.1 Å². The highest BCUT2D eigenvalue weighted by Gasteiger charge is 2.23. The molecule has 6 rings (SSSR count). The first kappa shape index (κ1) is 18.8. The van der Waals surface area contributed by atoms with Gasteiger partial charge in [-0.15, -0.1) is 0 Å². The van der Waals surface area contributed by atoms with E-state index in [1.165, 1.54) is 0 Å². The van der Waals surface area contributed by atoms with Crippen LogP contribution in [-0.2, 0) is 0 Å². The highest BCUT2D eigenvalue weighted by Crippen LogP contribution is 2.48. The van der Waals surface area contributed by atoms with Crippen LogP contribution in [0.25, 0.3) is 45.7 Å². The van der Waals surface area contributed by atoms with Crippen LogP contribution >= 0.6 is 0 Å². The molecular formula is C24H18N4O5. The summed E-state index contributed by atoms with van der Waals surface area (Å²) in [6.45, 7) is 0. The zero-order chi connectivity index (χ0) is 22.9. The van der Waals surface area contributed by atoms with Crippen molar-refractivity contribution in [2.75, 3.05) is 0 Å². The molecule has 0 saturated carbocycles. The van der Waals surface area contributed by atoms with Crippen LogP contribution in [0.15, 0.2) is 48.5 Å². The Hall–Kier alpha value is -4.92. The van der Waals surface area contributed by atoms with Crippen LogP contribution in [0.5, 0.6) is 23.0 Å². The third-order valence-electron chi connectivity index (χ3n) is 5.84. The Labute approximate surface area is 185 Å². The van der Waals surface area contributed by atoms with Crippen LogP contribution in [0, 0.1) is 0 Å². The number of rotatable bonds is 0. The lowest BCUT2D eigenvalue weighted by molar-refractivity contribution is 0.190. The van der Waals surface area contributed by atoms with Crippen molar-refractivity contribution in [1.29, 1.82) is 0 Å². The third kappa shape index (κ3) is 2.72. The van der Waals surface area contributed by atoms with Crippen molar-refractivity contribution < 1.29 is 25.6 Å². The molecule has 8 N–H and O–H groups in total. The van der Waals surface area contributed by atoms with E-state index in [0.29, 0.717) is 22.4 Å². The van der Waals surface area contributed by atoms with Crippen molar-refractivity contribution in [2.24, 2.45) is 0 Å². The predicted octanol–water partition coefficient (Wildman–Crippen LogP) is 2.55. The summed E-state index contributed by atoms with van der Waals surface area (Å²) in [5.41, 5.74) is 2.73. The molecule has 1 aliphatic rings. The number of aromatic hydroxyl groups is 4. The second-order valence-electron chi connectivity index (χ2n) is 7.87. The minimum absolute atomic E-state index is 0.0290. The molecule has 9 heteroatoms. The molecule has 0 atom stereocenters. The fourth-order valence-electron chi connectivity index (χ4n) is 4.24. The van der Waals surface area contributed by atoms with E-state index in [9.17, 15) is 25.6 Å². The van der Waals surface area contributed by atoms with Gasteiger partial charge in [0, 0.05) is 16.4 Å². The first-order chi connectivity index (χ1) is 15.9. The van der Waals surface area contributed by atoms with Crippen molar-refractivity contribution in [1.82, 2.24) is 19.7 Å². The van der Waals surface area contributed by atoms with Gasteiger partial charge in [-0.1, -0.05) is 0 Å². The van der Waals surface area contributed by atoms with Crippen LogP contribution < -0.4 is 10.7 Å². The number of nitrogens with zero attached hydrogens (tertiary/aromatic N) is 1. The van der Waals surface area contributed by atoms with Crippen molar-refractivity contribution in [3.63, 3.8) is 0 Å². The molecule has 9 nitrogen and oxygen atoms in total. The Bertz CT molecular complexity index is 1730. The first-order valence-electron chi connectivity index (χ1n) is 10.1. The summed E-state index contributed by atoms with van der Waals surface area (Å²) in [5, 5.41) is 55.5. The van der Waals surface area contributed by atoms with Gasteiger partial charge in [0.05, 0.1) is 39.2 Å². The van der Waals surface area contributed by atoms with E-state index in [2.05, 4.69) is 15.0 Å². The zero-order valence-electron chi connectivity index (χ0n) is 17.0. The van der Waals surface area contributed by atoms with Crippen molar-refractivity contribution >= 4 is 23.2 Å². The van der Waals surface area contributed by atoms with E-state index in [1.807, 2.05) is 18.2 Å². The molecule has 1 aliphatic heterocycles. The van der Waals surface area contributed by atoms with Gasteiger partial charge in [-0.25, -0.2) is 0 Å². The second-order valence-corrected chi connectivity index (χ2v) is 7.87. The van der Waals surface area contributed by atoms with Crippen LogP contribution in [0.2, 0.25) is 0 Å². The van der Waals surface area contributed by atoms with Gasteiger partial charge in [-0.3, -0.25) is 0 Å². The molecule has 0 unspecified atom stereocenters.